The fourth-order valence-corrected chi connectivity index (χ4v) is 1.98. The Bertz CT molecular complexity index is 624. The molecule has 2 N–H and O–H groups in total. The molecule has 2 aromatic rings. The zero-order valence-electron chi connectivity index (χ0n) is 12.2. The highest BCUT2D eigenvalue weighted by Crippen LogP contribution is 2.11. The summed E-state index contributed by atoms with van der Waals surface area (Å²) >= 11 is 5.96. The number of hydrogen-bond donors (Lipinski definition) is 2. The van der Waals surface area contributed by atoms with Crippen molar-refractivity contribution in [3.8, 4) is 0 Å². The molecule has 0 aliphatic carbocycles. The standard InChI is InChI=1S/C14H20ClN5/c1-14(2,3)19-13(16-4)17-7-11-9-20-8-10(15)5-6-12(20)18-11/h5-6,8-9H,7H2,1-4H3,(H2,16,17,19). The van der Waals surface area contributed by atoms with E-state index >= 15 is 0 Å². The summed E-state index contributed by atoms with van der Waals surface area (Å²) < 4.78 is 1.92. The molecule has 0 saturated carbocycles. The van der Waals surface area contributed by atoms with E-state index in [-0.39, 0.29) is 5.54 Å². The van der Waals surface area contributed by atoms with Crippen molar-refractivity contribution < 1.29 is 0 Å². The van der Waals surface area contributed by atoms with Crippen LogP contribution in [0.2, 0.25) is 5.02 Å². The molecule has 0 aromatic carbocycles. The normalized spacial score (nSPS) is 12.8. The SMILES string of the molecule is CN=C(NCc1cn2cc(Cl)ccc2n1)NC(C)(C)C. The lowest BCUT2D eigenvalue weighted by Gasteiger charge is -2.23. The van der Waals surface area contributed by atoms with Gasteiger partial charge in [0, 0.05) is 25.0 Å². The van der Waals surface area contributed by atoms with Crippen LogP contribution in [-0.4, -0.2) is 27.9 Å². The molecule has 0 spiro atoms. The molecule has 6 heteroatoms. The first-order valence-electron chi connectivity index (χ1n) is 6.49. The molecule has 0 unspecified atom stereocenters. The fourth-order valence-electron chi connectivity index (χ4n) is 1.81. The van der Waals surface area contributed by atoms with Gasteiger partial charge in [0.05, 0.1) is 17.3 Å². The van der Waals surface area contributed by atoms with Gasteiger partial charge in [0.1, 0.15) is 5.65 Å². The highest BCUT2D eigenvalue weighted by atomic mass is 35.5. The minimum Gasteiger partial charge on any atom is -0.352 e. The van der Waals surface area contributed by atoms with Crippen LogP contribution in [0.5, 0.6) is 0 Å². The number of hydrogen-bond acceptors (Lipinski definition) is 2. The average molecular weight is 294 g/mol. The molecule has 0 saturated heterocycles. The number of nitrogens with one attached hydrogen (secondary N) is 2. The number of aliphatic imine (C=N–C) groups is 1. The van der Waals surface area contributed by atoms with E-state index in [1.807, 2.05) is 28.9 Å². The Morgan fingerprint density at radius 3 is 2.75 bits per heavy atom. The molecule has 0 radical (unpaired) electrons. The van der Waals surface area contributed by atoms with Crippen LogP contribution in [0, 0.1) is 0 Å². The summed E-state index contributed by atoms with van der Waals surface area (Å²) in [5.41, 5.74) is 1.78. The van der Waals surface area contributed by atoms with E-state index in [1.54, 1.807) is 7.05 Å². The molecule has 108 valence electrons. The van der Waals surface area contributed by atoms with Crippen LogP contribution in [0.3, 0.4) is 0 Å². The molecule has 2 aromatic heterocycles. The Morgan fingerprint density at radius 2 is 2.10 bits per heavy atom. The number of imidazole rings is 1. The summed E-state index contributed by atoms with van der Waals surface area (Å²) in [5.74, 6) is 0.757. The molecule has 0 fully saturated rings. The number of aromatic nitrogens is 2. The highest BCUT2D eigenvalue weighted by Gasteiger charge is 2.12. The van der Waals surface area contributed by atoms with Gasteiger partial charge in [-0.15, -0.1) is 0 Å². The molecular weight excluding hydrogens is 274 g/mol. The maximum absolute atomic E-state index is 5.96. The van der Waals surface area contributed by atoms with Crippen molar-refractivity contribution in [3.05, 3.63) is 35.2 Å². The van der Waals surface area contributed by atoms with E-state index in [0.717, 1.165) is 17.3 Å². The van der Waals surface area contributed by atoms with Gasteiger partial charge in [-0.05, 0) is 32.9 Å². The van der Waals surface area contributed by atoms with Gasteiger partial charge in [0.25, 0.3) is 0 Å². The second-order valence-electron chi connectivity index (χ2n) is 5.65. The Balaban J connectivity index is 2.05. The predicted molar refractivity (Wildman–Crippen MR) is 83.3 cm³/mol. The lowest BCUT2D eigenvalue weighted by Crippen LogP contribution is -2.47. The average Bonchev–Trinajstić information content (AvgIpc) is 2.75. The predicted octanol–water partition coefficient (Wildman–Crippen LogP) is 2.45. The first-order valence-corrected chi connectivity index (χ1v) is 6.87. The van der Waals surface area contributed by atoms with Gasteiger partial charge in [0.15, 0.2) is 5.96 Å². The van der Waals surface area contributed by atoms with Gasteiger partial charge < -0.3 is 15.0 Å². The van der Waals surface area contributed by atoms with Gasteiger partial charge in [-0.25, -0.2) is 4.98 Å². The molecule has 0 atom stereocenters. The van der Waals surface area contributed by atoms with Crippen LogP contribution >= 0.6 is 11.6 Å². The summed E-state index contributed by atoms with van der Waals surface area (Å²) in [5, 5.41) is 7.24. The molecule has 0 aliphatic heterocycles. The van der Waals surface area contributed by atoms with Gasteiger partial charge in [-0.2, -0.15) is 0 Å². The Morgan fingerprint density at radius 1 is 1.35 bits per heavy atom. The van der Waals surface area contributed by atoms with Gasteiger partial charge >= 0.3 is 0 Å². The molecule has 5 nitrogen and oxygen atoms in total. The van der Waals surface area contributed by atoms with Crippen molar-refractivity contribution in [1.82, 2.24) is 20.0 Å². The monoisotopic (exact) mass is 293 g/mol. The number of guanidine groups is 1. The molecule has 2 heterocycles. The summed E-state index contributed by atoms with van der Waals surface area (Å²) in [7, 11) is 1.75. The summed E-state index contributed by atoms with van der Waals surface area (Å²) in [6.45, 7) is 6.88. The first kappa shape index (κ1) is 14.7. The number of halogens is 1. The quantitative estimate of drug-likeness (QED) is 0.660. The molecular formula is C14H20ClN5. The van der Waals surface area contributed by atoms with Crippen molar-refractivity contribution in [2.45, 2.75) is 32.9 Å². The van der Waals surface area contributed by atoms with Crippen molar-refractivity contribution in [2.24, 2.45) is 4.99 Å². The second kappa shape index (κ2) is 5.71. The first-order chi connectivity index (χ1) is 9.37. The summed E-state index contributed by atoms with van der Waals surface area (Å²) in [6.07, 6.45) is 3.80. The van der Waals surface area contributed by atoms with E-state index in [2.05, 4.69) is 41.4 Å². The van der Waals surface area contributed by atoms with E-state index in [4.69, 9.17) is 11.6 Å². The lowest BCUT2D eigenvalue weighted by molar-refractivity contribution is 0.501. The largest absolute Gasteiger partial charge is 0.352 e. The smallest absolute Gasteiger partial charge is 0.191 e. The minimum absolute atomic E-state index is 0.0335. The third-order valence-corrected chi connectivity index (χ3v) is 2.84. The molecule has 2 rings (SSSR count). The Kier molecular flexibility index (Phi) is 4.18. The van der Waals surface area contributed by atoms with Crippen molar-refractivity contribution in [2.75, 3.05) is 7.05 Å². The fraction of sp³-hybridized carbons (Fsp3) is 0.429. The van der Waals surface area contributed by atoms with Crippen LogP contribution in [-0.2, 0) is 6.54 Å². The number of fused-ring (bicyclic) bond motifs is 1. The lowest BCUT2D eigenvalue weighted by atomic mass is 10.1. The van der Waals surface area contributed by atoms with Crippen LogP contribution in [0.4, 0.5) is 0 Å². The zero-order valence-corrected chi connectivity index (χ0v) is 13.0. The molecule has 0 aliphatic rings. The minimum atomic E-state index is -0.0335. The summed E-state index contributed by atoms with van der Waals surface area (Å²) in [6, 6.07) is 3.73. The Labute approximate surface area is 124 Å². The zero-order chi connectivity index (χ0) is 14.8. The van der Waals surface area contributed by atoms with Crippen LogP contribution in [0.1, 0.15) is 26.5 Å². The number of nitrogens with zero attached hydrogens (tertiary/aromatic N) is 3. The third kappa shape index (κ3) is 3.87. The Hall–Kier alpha value is -1.75. The second-order valence-corrected chi connectivity index (χ2v) is 6.08. The van der Waals surface area contributed by atoms with Crippen molar-refractivity contribution in [1.29, 1.82) is 0 Å². The van der Waals surface area contributed by atoms with Gasteiger partial charge in [-0.3, -0.25) is 4.99 Å². The molecule has 0 bridgehead atoms. The van der Waals surface area contributed by atoms with Crippen LogP contribution in [0.25, 0.3) is 5.65 Å². The molecule has 0 amide bonds. The summed E-state index contributed by atoms with van der Waals surface area (Å²) in [4.78, 5) is 8.71. The van der Waals surface area contributed by atoms with Gasteiger partial charge in [0.2, 0.25) is 0 Å². The molecule has 20 heavy (non-hydrogen) atoms. The van der Waals surface area contributed by atoms with Crippen molar-refractivity contribution >= 4 is 23.2 Å². The van der Waals surface area contributed by atoms with Crippen LogP contribution < -0.4 is 10.6 Å². The topological polar surface area (TPSA) is 53.7 Å². The van der Waals surface area contributed by atoms with E-state index in [9.17, 15) is 0 Å². The van der Waals surface area contributed by atoms with E-state index in [1.165, 1.54) is 0 Å². The van der Waals surface area contributed by atoms with Crippen LogP contribution in [0.15, 0.2) is 29.5 Å². The third-order valence-electron chi connectivity index (χ3n) is 2.62. The van der Waals surface area contributed by atoms with E-state index in [0.29, 0.717) is 11.6 Å². The van der Waals surface area contributed by atoms with Crippen molar-refractivity contribution in [3.63, 3.8) is 0 Å². The maximum atomic E-state index is 5.96. The van der Waals surface area contributed by atoms with Gasteiger partial charge in [-0.1, -0.05) is 11.6 Å². The maximum Gasteiger partial charge on any atom is 0.191 e. The van der Waals surface area contributed by atoms with E-state index < -0.39 is 0 Å². The highest BCUT2D eigenvalue weighted by molar-refractivity contribution is 6.30. The number of pyridine rings is 1. The number of rotatable bonds is 2.